The Balaban J connectivity index is 1.86. The molecule has 3 aromatic carbocycles. The third-order valence-corrected chi connectivity index (χ3v) is 7.95. The summed E-state index contributed by atoms with van der Waals surface area (Å²) in [6.45, 7) is 4.37. The lowest BCUT2D eigenvalue weighted by Crippen LogP contribution is -2.19. The van der Waals surface area contributed by atoms with Crippen molar-refractivity contribution in [2.24, 2.45) is 5.41 Å². The summed E-state index contributed by atoms with van der Waals surface area (Å²) in [5, 5.41) is 30.4. The molecule has 0 saturated carbocycles. The Morgan fingerprint density at radius 2 is 1.71 bits per heavy atom. The van der Waals surface area contributed by atoms with Gasteiger partial charge in [0.2, 0.25) is 0 Å². The van der Waals surface area contributed by atoms with E-state index in [0.717, 1.165) is 18.4 Å². The van der Waals surface area contributed by atoms with Gasteiger partial charge in [-0.1, -0.05) is 18.2 Å². The van der Waals surface area contributed by atoms with Gasteiger partial charge in [-0.05, 0) is 79.1 Å². The molecule has 234 valence electrons. The maximum atomic E-state index is 12.7. The van der Waals surface area contributed by atoms with Crippen molar-refractivity contribution in [2.45, 2.75) is 38.6 Å². The van der Waals surface area contributed by atoms with Crippen molar-refractivity contribution in [3.8, 4) is 45.5 Å². The van der Waals surface area contributed by atoms with Crippen molar-refractivity contribution in [1.82, 2.24) is 4.98 Å². The molecule has 0 atom stereocenters. The molecule has 0 spiro atoms. The molecule has 0 bridgehead atoms. The average Bonchev–Trinajstić information content (AvgIpc) is 3.37. The van der Waals surface area contributed by atoms with Crippen LogP contribution in [0.2, 0.25) is 0 Å². The first-order valence-electron chi connectivity index (χ1n) is 13.4. The first-order valence-corrected chi connectivity index (χ1v) is 15.3. The third kappa shape index (κ3) is 7.78. The van der Waals surface area contributed by atoms with Gasteiger partial charge in [0.1, 0.15) is 11.4 Å². The topological polar surface area (TPSA) is 149 Å². The first kappa shape index (κ1) is 33.0. The van der Waals surface area contributed by atoms with Crippen LogP contribution in [0.1, 0.15) is 25.3 Å². The molecule has 45 heavy (non-hydrogen) atoms. The zero-order valence-electron chi connectivity index (χ0n) is 24.7. The Kier molecular flexibility index (Phi) is 9.22. The summed E-state index contributed by atoms with van der Waals surface area (Å²) in [7, 11) is -3.67. The molecule has 0 aliphatic rings. The van der Waals surface area contributed by atoms with Gasteiger partial charge < -0.3 is 25.0 Å². The van der Waals surface area contributed by atoms with Gasteiger partial charge in [-0.25, -0.2) is 13.4 Å². The molecule has 0 fully saturated rings. The fraction of sp³-hybridized carbons (Fsp3) is 0.219. The lowest BCUT2D eigenvalue weighted by Gasteiger charge is -2.15. The molecule has 4 rings (SSSR count). The van der Waals surface area contributed by atoms with Crippen LogP contribution in [0.15, 0.2) is 82.3 Å². The van der Waals surface area contributed by atoms with Crippen LogP contribution in [-0.2, 0) is 16.4 Å². The van der Waals surface area contributed by atoms with Gasteiger partial charge in [-0.2, -0.15) is 5.26 Å². The highest BCUT2D eigenvalue weighted by Gasteiger charge is 2.31. The Bertz CT molecular complexity index is 1920. The largest absolute Gasteiger partial charge is 0.573 e. The highest BCUT2D eigenvalue weighted by Crippen LogP contribution is 2.40. The van der Waals surface area contributed by atoms with E-state index in [4.69, 9.17) is 9.83 Å². The number of benzene rings is 3. The number of nitrogens with zero attached hydrogens (tertiary/aromatic N) is 2. The molecule has 0 unspecified atom stereocenters. The summed E-state index contributed by atoms with van der Waals surface area (Å²) in [4.78, 5) is 4.45. The molecular weight excluding hydrogens is 609 g/mol. The summed E-state index contributed by atoms with van der Waals surface area (Å²) in [5.41, 5.74) is 2.10. The van der Waals surface area contributed by atoms with Gasteiger partial charge in [-0.15, -0.1) is 13.2 Å². The quantitative estimate of drug-likeness (QED) is 0.154. The molecule has 0 aliphatic carbocycles. The fourth-order valence-electron chi connectivity index (χ4n) is 4.35. The summed E-state index contributed by atoms with van der Waals surface area (Å²) in [6, 6.07) is 17.0. The number of aromatic nitrogens is 1. The summed E-state index contributed by atoms with van der Waals surface area (Å²) < 4.78 is 73.0. The number of oxazole rings is 1. The second-order valence-corrected chi connectivity index (χ2v) is 12.6. The maximum Gasteiger partial charge on any atom is 0.573 e. The van der Waals surface area contributed by atoms with Crippen LogP contribution >= 0.6 is 0 Å². The fourth-order valence-corrected chi connectivity index (χ4v) is 5.30. The maximum absolute atomic E-state index is 12.7. The van der Waals surface area contributed by atoms with Crippen molar-refractivity contribution in [1.29, 1.82) is 10.7 Å². The molecule has 0 saturated heterocycles. The molecule has 1 heterocycles. The van der Waals surface area contributed by atoms with E-state index >= 15 is 0 Å². The van der Waals surface area contributed by atoms with Gasteiger partial charge in [0, 0.05) is 36.2 Å². The highest BCUT2D eigenvalue weighted by molar-refractivity contribution is 7.90. The number of ether oxygens (including phenoxy) is 1. The van der Waals surface area contributed by atoms with Crippen LogP contribution in [0.3, 0.4) is 0 Å². The van der Waals surface area contributed by atoms with E-state index in [0.29, 0.717) is 33.6 Å². The number of sulfone groups is 1. The lowest BCUT2D eigenvalue weighted by atomic mass is 9.89. The zero-order chi connectivity index (χ0) is 33.2. The van der Waals surface area contributed by atoms with E-state index in [9.17, 15) is 32.0 Å². The number of aliphatic hydroxyl groups is 1. The van der Waals surface area contributed by atoms with Crippen molar-refractivity contribution in [3.05, 3.63) is 84.4 Å². The van der Waals surface area contributed by atoms with E-state index in [1.165, 1.54) is 36.5 Å². The smallest absolute Gasteiger partial charge is 0.440 e. The normalized spacial score (nSPS) is 12.2. The summed E-state index contributed by atoms with van der Waals surface area (Å²) in [5.74, 6) is 0.127. The van der Waals surface area contributed by atoms with Crippen LogP contribution in [-0.4, -0.2) is 36.8 Å². The number of rotatable bonds is 10. The van der Waals surface area contributed by atoms with Crippen molar-refractivity contribution in [3.63, 3.8) is 0 Å². The van der Waals surface area contributed by atoms with E-state index in [-0.39, 0.29) is 27.8 Å². The number of halogens is 3. The van der Waals surface area contributed by atoms with E-state index in [1.54, 1.807) is 45.0 Å². The van der Waals surface area contributed by atoms with E-state index < -0.39 is 34.0 Å². The minimum atomic E-state index is -4.85. The SMILES string of the molecule is Cc1nc(-c2ccc(OC(F)(F)F)cc2)c(-c2cc(-c3ccc(CO)c(S(C)(=O)=O)c3)ccc2N/C=C\C(=N)C(C)(C)C#N)o1. The molecular formula is C32H29F3N4O5S. The molecule has 0 amide bonds. The van der Waals surface area contributed by atoms with Crippen LogP contribution < -0.4 is 10.1 Å². The monoisotopic (exact) mass is 638 g/mol. The van der Waals surface area contributed by atoms with Gasteiger partial charge in [0.25, 0.3) is 0 Å². The number of aliphatic hydroxyl groups excluding tert-OH is 1. The minimum Gasteiger partial charge on any atom is -0.440 e. The summed E-state index contributed by atoms with van der Waals surface area (Å²) in [6.07, 6.45) is -0.866. The van der Waals surface area contributed by atoms with Gasteiger partial charge in [-0.3, -0.25) is 0 Å². The van der Waals surface area contributed by atoms with Gasteiger partial charge >= 0.3 is 6.36 Å². The number of alkyl halides is 3. The Labute approximate surface area is 258 Å². The van der Waals surface area contributed by atoms with Crippen LogP contribution in [0.25, 0.3) is 33.7 Å². The van der Waals surface area contributed by atoms with Crippen LogP contribution in [0.4, 0.5) is 18.9 Å². The Morgan fingerprint density at radius 3 is 2.31 bits per heavy atom. The van der Waals surface area contributed by atoms with Gasteiger partial charge in [0.15, 0.2) is 21.5 Å². The number of anilines is 1. The molecule has 9 nitrogen and oxygen atoms in total. The molecule has 4 aromatic rings. The van der Waals surface area contributed by atoms with E-state index in [2.05, 4.69) is 21.1 Å². The average molecular weight is 639 g/mol. The second-order valence-electron chi connectivity index (χ2n) is 10.6. The predicted octanol–water partition coefficient (Wildman–Crippen LogP) is 7.27. The molecule has 0 radical (unpaired) electrons. The van der Waals surface area contributed by atoms with Crippen molar-refractivity contribution in [2.75, 3.05) is 11.6 Å². The third-order valence-electron chi connectivity index (χ3n) is 6.77. The summed E-state index contributed by atoms with van der Waals surface area (Å²) >= 11 is 0. The number of hydrogen-bond donors (Lipinski definition) is 3. The minimum absolute atomic E-state index is 0.0230. The first-order chi connectivity index (χ1) is 21.0. The predicted molar refractivity (Wildman–Crippen MR) is 163 cm³/mol. The molecule has 3 N–H and O–H groups in total. The Hall–Kier alpha value is -4.93. The van der Waals surface area contributed by atoms with Crippen LogP contribution in [0.5, 0.6) is 5.75 Å². The number of hydrogen-bond acceptors (Lipinski definition) is 9. The number of aryl methyl sites for hydroxylation is 1. The number of nitrogens with one attached hydrogen (secondary N) is 2. The second kappa shape index (κ2) is 12.6. The molecule has 0 aliphatic heterocycles. The van der Waals surface area contributed by atoms with Crippen molar-refractivity contribution >= 4 is 21.2 Å². The standard InChI is InChI=1S/C32H29F3N4O5S/c1-19-39-29(20-7-10-24(11-8-20)44-32(33,34)35)30(43-19)25-15-21(22-5-6-23(17-40)27(16-22)45(4,41)42)9-12-26(25)38-14-13-28(37)31(2,3)18-36/h5-16,37-38,40H,17H2,1-4H3/b14-13-,37-28?. The van der Waals surface area contributed by atoms with Gasteiger partial charge in [0.05, 0.1) is 28.7 Å². The molecule has 13 heteroatoms. The Morgan fingerprint density at radius 1 is 1.09 bits per heavy atom. The number of nitriles is 1. The van der Waals surface area contributed by atoms with Crippen molar-refractivity contribution < 1.29 is 35.8 Å². The number of allylic oxidation sites excluding steroid dienone is 1. The zero-order valence-corrected chi connectivity index (χ0v) is 25.5. The highest BCUT2D eigenvalue weighted by atomic mass is 32.2. The van der Waals surface area contributed by atoms with E-state index in [1.807, 2.05) is 0 Å². The lowest BCUT2D eigenvalue weighted by molar-refractivity contribution is -0.274. The molecule has 1 aromatic heterocycles. The van der Waals surface area contributed by atoms with Crippen LogP contribution in [0, 0.1) is 29.1 Å².